The van der Waals surface area contributed by atoms with Crippen LogP contribution in [0, 0.1) is 50.2 Å². The first-order valence-corrected chi connectivity index (χ1v) is 18.2. The molecule has 0 aromatic carbocycles. The van der Waals surface area contributed by atoms with Gasteiger partial charge < -0.3 is 50.3 Å². The maximum Gasteiger partial charge on any atom is 0.310 e. The van der Waals surface area contributed by atoms with Crippen molar-refractivity contribution in [2.75, 3.05) is 13.2 Å². The summed E-state index contributed by atoms with van der Waals surface area (Å²) in [5, 5.41) is 85.6. The molecule has 1 heterocycles. The third-order valence-electron chi connectivity index (χ3n) is 15.4. The number of ether oxygens (including phenoxy) is 2. The van der Waals surface area contributed by atoms with E-state index in [2.05, 4.69) is 33.8 Å². The van der Waals surface area contributed by atoms with Crippen LogP contribution >= 0.6 is 0 Å². The number of rotatable bonds is 7. The molecular formula is C37H58O12. The molecule has 4 saturated carbocycles. The molecule has 8 N–H and O–H groups in total. The highest BCUT2D eigenvalue weighted by molar-refractivity contribution is 5.76. The first kappa shape index (κ1) is 37.1. The fourth-order valence-corrected chi connectivity index (χ4v) is 12.8. The van der Waals surface area contributed by atoms with Gasteiger partial charge in [0.25, 0.3) is 0 Å². The molecule has 5 aliphatic carbocycles. The molecule has 0 spiro atoms. The predicted molar refractivity (Wildman–Crippen MR) is 175 cm³/mol. The molecule has 6 aliphatic rings. The molecule has 1 aliphatic heterocycles. The van der Waals surface area contributed by atoms with Gasteiger partial charge in [-0.2, -0.15) is 0 Å². The zero-order valence-electron chi connectivity index (χ0n) is 29.5. The van der Waals surface area contributed by atoms with Crippen LogP contribution in [0.1, 0.15) is 98.8 Å². The molecule has 0 aromatic rings. The number of fused-ring (bicyclic) bond motifs is 7. The summed E-state index contributed by atoms with van der Waals surface area (Å²) in [6.45, 7) is 9.76. The van der Waals surface area contributed by atoms with Crippen molar-refractivity contribution >= 4 is 11.9 Å². The first-order chi connectivity index (χ1) is 22.8. The van der Waals surface area contributed by atoms with Crippen LogP contribution in [0.15, 0.2) is 11.6 Å². The summed E-state index contributed by atoms with van der Waals surface area (Å²) in [6, 6.07) is 0. The van der Waals surface area contributed by atoms with Gasteiger partial charge in [-0.15, -0.1) is 0 Å². The Morgan fingerprint density at radius 3 is 2.16 bits per heavy atom. The Bertz CT molecular complexity index is 1350. The standard InChI is InChI=1S/C37H58O12/c1-32(2)10-11-36(31(46)47)12-13-37(18-39)19(20(36)14-32)6-7-24-33(3)15-21(40)29(49-30-28(45)27(44)26(43)22(17-38)48-30)34(4,16-25(41)42)23(33)8-9-35(24,37)5/h6,20-24,26-30,38-40,43-45H,7-18H2,1-5H3,(H,41,42)(H,46,47)/t20-,21-,22+,23+,24+,26+,27-,28+,29-,30-,33-,34+,35+,36-,37-/m0/s1. The molecule has 0 radical (unpaired) electrons. The molecule has 12 nitrogen and oxygen atoms in total. The van der Waals surface area contributed by atoms with Gasteiger partial charge in [-0.3, -0.25) is 9.59 Å². The van der Waals surface area contributed by atoms with Crippen molar-refractivity contribution in [1.29, 1.82) is 0 Å². The minimum Gasteiger partial charge on any atom is -0.481 e. The molecule has 0 unspecified atom stereocenters. The average molecular weight is 695 g/mol. The van der Waals surface area contributed by atoms with E-state index in [1.54, 1.807) is 6.92 Å². The van der Waals surface area contributed by atoms with Gasteiger partial charge in [0.1, 0.15) is 24.4 Å². The summed E-state index contributed by atoms with van der Waals surface area (Å²) >= 11 is 0. The van der Waals surface area contributed by atoms with Crippen molar-refractivity contribution in [3.05, 3.63) is 11.6 Å². The highest BCUT2D eigenvalue weighted by atomic mass is 16.7. The van der Waals surface area contributed by atoms with Crippen molar-refractivity contribution in [3.8, 4) is 0 Å². The molecule has 12 heteroatoms. The van der Waals surface area contributed by atoms with E-state index in [1.165, 1.54) is 0 Å². The SMILES string of the molecule is CC1(C)CC[C@]2(C(=O)O)CC[C@]3(CO)C(=CC[C@@H]4[C@@]5(C)C[C@H](O)[C@H](O[C@@H]6O[C@H](CO)[C@@H](O)[C@H](O)[C@H]6O)[C@](C)(CC(=O)O)[C@@H]5CC[C@]43C)[C@@H]2C1. The number of aliphatic carboxylic acids is 2. The van der Waals surface area contributed by atoms with E-state index < -0.39 is 88.5 Å². The van der Waals surface area contributed by atoms with Crippen LogP contribution in [0.2, 0.25) is 0 Å². The van der Waals surface area contributed by atoms with Gasteiger partial charge in [0.05, 0.1) is 37.3 Å². The Morgan fingerprint density at radius 2 is 1.55 bits per heavy atom. The van der Waals surface area contributed by atoms with Gasteiger partial charge >= 0.3 is 11.9 Å². The molecule has 0 aromatic heterocycles. The number of hydrogen-bond donors (Lipinski definition) is 8. The van der Waals surface area contributed by atoms with Gasteiger partial charge in [0.2, 0.25) is 0 Å². The Balaban J connectivity index is 1.39. The van der Waals surface area contributed by atoms with Crippen molar-refractivity contribution in [1.82, 2.24) is 0 Å². The highest BCUT2D eigenvalue weighted by Gasteiger charge is 2.72. The lowest BCUT2D eigenvalue weighted by Gasteiger charge is -2.72. The van der Waals surface area contributed by atoms with Gasteiger partial charge in [-0.1, -0.05) is 46.3 Å². The van der Waals surface area contributed by atoms with Crippen LogP contribution in [0.4, 0.5) is 0 Å². The van der Waals surface area contributed by atoms with Crippen molar-refractivity contribution in [2.24, 2.45) is 50.2 Å². The Hall–Kier alpha value is -1.64. The normalized spacial score (nSPS) is 52.1. The second-order valence-corrected chi connectivity index (χ2v) is 18.2. The number of carboxylic acids is 2. The molecule has 0 amide bonds. The van der Waals surface area contributed by atoms with Crippen LogP contribution in [-0.2, 0) is 19.1 Å². The summed E-state index contributed by atoms with van der Waals surface area (Å²) in [5.41, 5.74) is -2.70. The third kappa shape index (κ3) is 5.21. The summed E-state index contributed by atoms with van der Waals surface area (Å²) < 4.78 is 11.9. The maximum atomic E-state index is 13.0. The maximum absolute atomic E-state index is 13.0. The van der Waals surface area contributed by atoms with E-state index in [0.717, 1.165) is 18.4 Å². The van der Waals surface area contributed by atoms with Crippen molar-refractivity contribution in [3.63, 3.8) is 0 Å². The summed E-state index contributed by atoms with van der Waals surface area (Å²) in [4.78, 5) is 25.6. The largest absolute Gasteiger partial charge is 0.481 e. The van der Waals surface area contributed by atoms with E-state index in [0.29, 0.717) is 38.5 Å². The molecule has 49 heavy (non-hydrogen) atoms. The van der Waals surface area contributed by atoms with Gasteiger partial charge in [-0.25, -0.2) is 0 Å². The summed E-state index contributed by atoms with van der Waals surface area (Å²) in [5.74, 6) is -2.37. The number of allylic oxidation sites excluding steroid dienone is 1. The third-order valence-corrected chi connectivity index (χ3v) is 15.4. The van der Waals surface area contributed by atoms with Gasteiger partial charge in [0, 0.05) is 10.8 Å². The molecular weight excluding hydrogens is 636 g/mol. The van der Waals surface area contributed by atoms with Gasteiger partial charge in [-0.05, 0) is 91.8 Å². The van der Waals surface area contributed by atoms with E-state index in [9.17, 15) is 50.4 Å². The lowest BCUT2D eigenvalue weighted by Crippen LogP contribution is -2.70. The van der Waals surface area contributed by atoms with E-state index in [-0.39, 0.29) is 42.6 Å². The zero-order valence-corrected chi connectivity index (χ0v) is 29.5. The molecule has 5 fully saturated rings. The second kappa shape index (κ2) is 12.2. The van der Waals surface area contributed by atoms with Crippen LogP contribution in [-0.4, -0.2) is 109 Å². The monoisotopic (exact) mass is 694 g/mol. The fourth-order valence-electron chi connectivity index (χ4n) is 12.8. The Kier molecular flexibility index (Phi) is 9.26. The molecule has 0 bridgehead atoms. The fraction of sp³-hybridized carbons (Fsp3) is 0.892. The zero-order chi connectivity index (χ0) is 36.1. The van der Waals surface area contributed by atoms with E-state index in [1.807, 2.05) is 0 Å². The second-order valence-electron chi connectivity index (χ2n) is 18.2. The Morgan fingerprint density at radius 1 is 0.878 bits per heavy atom. The first-order valence-electron chi connectivity index (χ1n) is 18.2. The smallest absolute Gasteiger partial charge is 0.310 e. The minimum absolute atomic E-state index is 0.0352. The van der Waals surface area contributed by atoms with Crippen molar-refractivity contribution < 1.29 is 59.9 Å². The molecule has 1 saturated heterocycles. The minimum atomic E-state index is -1.71. The predicted octanol–water partition coefficient (Wildman–Crippen LogP) is 2.46. The van der Waals surface area contributed by atoms with E-state index >= 15 is 0 Å². The van der Waals surface area contributed by atoms with Crippen molar-refractivity contribution in [2.45, 2.75) is 142 Å². The van der Waals surface area contributed by atoms with Crippen LogP contribution in [0.5, 0.6) is 0 Å². The topological polar surface area (TPSA) is 214 Å². The molecule has 6 rings (SSSR count). The highest BCUT2D eigenvalue weighted by Crippen LogP contribution is 2.76. The van der Waals surface area contributed by atoms with Gasteiger partial charge in [0.15, 0.2) is 6.29 Å². The number of aliphatic hydroxyl groups excluding tert-OH is 6. The average Bonchev–Trinajstić information content (AvgIpc) is 3.01. The van der Waals surface area contributed by atoms with E-state index in [4.69, 9.17) is 9.47 Å². The lowest BCUT2D eigenvalue weighted by molar-refractivity contribution is -0.343. The number of aliphatic hydroxyl groups is 6. The summed E-state index contributed by atoms with van der Waals surface area (Å²) in [7, 11) is 0. The van der Waals surface area contributed by atoms with Crippen LogP contribution < -0.4 is 0 Å². The molecule has 15 atom stereocenters. The number of carboxylic acid groups (broad SMARTS) is 2. The number of carbonyl (C=O) groups is 2. The Labute approximate surface area is 288 Å². The van der Waals surface area contributed by atoms with Crippen LogP contribution in [0.25, 0.3) is 0 Å². The quantitative estimate of drug-likeness (QED) is 0.143. The lowest BCUT2D eigenvalue weighted by atomic mass is 9.33. The number of hydrogen-bond acceptors (Lipinski definition) is 10. The molecule has 278 valence electrons. The van der Waals surface area contributed by atoms with Crippen LogP contribution in [0.3, 0.4) is 0 Å². The summed E-state index contributed by atoms with van der Waals surface area (Å²) in [6.07, 6.45) is -2.91.